The topological polar surface area (TPSA) is 83.8 Å². The van der Waals surface area contributed by atoms with Crippen molar-refractivity contribution in [2.45, 2.75) is 19.9 Å². The summed E-state index contributed by atoms with van der Waals surface area (Å²) in [6.07, 6.45) is 0.127. The molecular formula is C19H19N3O4. The van der Waals surface area contributed by atoms with Crippen molar-refractivity contribution in [3.05, 3.63) is 64.2 Å². The maximum Gasteiger partial charge on any atom is 0.294 e. The Balaban J connectivity index is 1.94. The normalized spacial score (nSPS) is 16.8. The van der Waals surface area contributed by atoms with E-state index in [0.29, 0.717) is 12.2 Å². The van der Waals surface area contributed by atoms with Gasteiger partial charge in [0.15, 0.2) is 0 Å². The summed E-state index contributed by atoms with van der Waals surface area (Å²) >= 11 is 0. The first-order valence-corrected chi connectivity index (χ1v) is 8.28. The Morgan fingerprint density at radius 1 is 1.19 bits per heavy atom. The Hall–Kier alpha value is -3.22. The van der Waals surface area contributed by atoms with Crippen molar-refractivity contribution in [2.24, 2.45) is 5.92 Å². The number of rotatable bonds is 5. The second-order valence-electron chi connectivity index (χ2n) is 6.44. The van der Waals surface area contributed by atoms with Crippen molar-refractivity contribution in [3.8, 4) is 0 Å². The van der Waals surface area contributed by atoms with Crippen molar-refractivity contribution in [2.75, 3.05) is 16.8 Å². The maximum absolute atomic E-state index is 12.2. The van der Waals surface area contributed by atoms with Crippen LogP contribution in [0.15, 0.2) is 48.5 Å². The van der Waals surface area contributed by atoms with E-state index < -0.39 is 10.8 Å². The molecule has 0 spiro atoms. The van der Waals surface area contributed by atoms with E-state index in [1.165, 1.54) is 6.07 Å². The number of hydrogen-bond donors (Lipinski definition) is 0. The molecule has 1 atom stereocenters. The molecule has 1 aliphatic heterocycles. The summed E-state index contributed by atoms with van der Waals surface area (Å²) in [7, 11) is 1.77. The fourth-order valence-electron chi connectivity index (χ4n) is 3.12. The van der Waals surface area contributed by atoms with Gasteiger partial charge < -0.3 is 4.90 Å². The Bertz CT molecular complexity index is 866. The average Bonchev–Trinajstić information content (AvgIpc) is 2.87. The fourth-order valence-corrected chi connectivity index (χ4v) is 3.12. The van der Waals surface area contributed by atoms with Crippen molar-refractivity contribution in [3.63, 3.8) is 0 Å². The summed E-state index contributed by atoms with van der Waals surface area (Å²) < 4.78 is 0. The van der Waals surface area contributed by atoms with E-state index in [9.17, 15) is 19.7 Å². The Labute approximate surface area is 151 Å². The third kappa shape index (κ3) is 3.28. The SMILES string of the molecule is C[C@@H]1CC(=O)N(c2ccc(N(C)Cc3ccccc3)c([N+](=O)[O-])c2)C1=O. The molecule has 0 unspecified atom stereocenters. The number of carbonyl (C=O) groups excluding carboxylic acids is 2. The number of amides is 2. The molecule has 3 rings (SSSR count). The molecule has 7 nitrogen and oxygen atoms in total. The molecule has 2 amide bonds. The molecule has 0 bridgehead atoms. The number of benzene rings is 2. The average molecular weight is 353 g/mol. The van der Waals surface area contributed by atoms with Gasteiger partial charge >= 0.3 is 0 Å². The van der Waals surface area contributed by atoms with E-state index in [2.05, 4.69) is 0 Å². The zero-order valence-corrected chi connectivity index (χ0v) is 14.6. The van der Waals surface area contributed by atoms with Crippen LogP contribution in [0, 0.1) is 16.0 Å². The lowest BCUT2D eigenvalue weighted by molar-refractivity contribution is -0.384. The van der Waals surface area contributed by atoms with E-state index in [0.717, 1.165) is 10.5 Å². The first-order valence-electron chi connectivity index (χ1n) is 8.28. The van der Waals surface area contributed by atoms with E-state index in [1.54, 1.807) is 31.0 Å². The number of hydrogen-bond acceptors (Lipinski definition) is 5. The van der Waals surface area contributed by atoms with E-state index in [-0.39, 0.29) is 29.6 Å². The molecule has 0 N–H and O–H groups in total. The first-order chi connectivity index (χ1) is 12.4. The monoisotopic (exact) mass is 353 g/mol. The molecule has 26 heavy (non-hydrogen) atoms. The number of imide groups is 1. The van der Waals surface area contributed by atoms with Gasteiger partial charge in [0.05, 0.1) is 10.6 Å². The molecule has 1 heterocycles. The standard InChI is InChI=1S/C19H19N3O4/c1-13-10-18(23)21(19(13)24)15-8-9-16(17(11-15)22(25)26)20(2)12-14-6-4-3-5-7-14/h3-9,11,13H,10,12H2,1-2H3/t13-/m1/s1. The molecule has 1 aliphatic rings. The highest BCUT2D eigenvalue weighted by Crippen LogP contribution is 2.35. The van der Waals surface area contributed by atoms with E-state index >= 15 is 0 Å². The fraction of sp³-hybridized carbons (Fsp3) is 0.263. The molecule has 0 aromatic heterocycles. The lowest BCUT2D eigenvalue weighted by atomic mass is 10.1. The maximum atomic E-state index is 12.2. The predicted molar refractivity (Wildman–Crippen MR) is 97.9 cm³/mol. The van der Waals surface area contributed by atoms with Gasteiger partial charge in [-0.05, 0) is 17.7 Å². The molecule has 1 saturated heterocycles. The van der Waals surface area contributed by atoms with Gasteiger partial charge in [0.1, 0.15) is 5.69 Å². The van der Waals surface area contributed by atoms with Gasteiger partial charge in [-0.2, -0.15) is 0 Å². The van der Waals surface area contributed by atoms with Crippen LogP contribution in [0.5, 0.6) is 0 Å². The number of carbonyl (C=O) groups is 2. The highest BCUT2D eigenvalue weighted by atomic mass is 16.6. The van der Waals surface area contributed by atoms with Crippen molar-refractivity contribution >= 4 is 28.9 Å². The highest BCUT2D eigenvalue weighted by Gasteiger charge is 2.37. The van der Waals surface area contributed by atoms with Crippen LogP contribution in [-0.2, 0) is 16.1 Å². The van der Waals surface area contributed by atoms with Gasteiger partial charge in [0, 0.05) is 32.0 Å². The number of nitro benzene ring substituents is 1. The molecule has 0 radical (unpaired) electrons. The van der Waals surface area contributed by atoms with E-state index in [4.69, 9.17) is 0 Å². The first kappa shape index (κ1) is 17.6. The third-order valence-corrected chi connectivity index (χ3v) is 4.46. The molecule has 134 valence electrons. The smallest absolute Gasteiger partial charge is 0.294 e. The van der Waals surface area contributed by atoms with Crippen molar-refractivity contribution < 1.29 is 14.5 Å². The quantitative estimate of drug-likeness (QED) is 0.468. The third-order valence-electron chi connectivity index (χ3n) is 4.46. The second kappa shape index (κ2) is 6.95. The minimum Gasteiger partial charge on any atom is -0.365 e. The van der Waals surface area contributed by atoms with Crippen molar-refractivity contribution in [1.29, 1.82) is 0 Å². The Morgan fingerprint density at radius 3 is 2.46 bits per heavy atom. The molecule has 2 aromatic rings. The molecule has 0 saturated carbocycles. The zero-order valence-electron chi connectivity index (χ0n) is 14.6. The van der Waals surface area contributed by atoms with Gasteiger partial charge in [0.25, 0.3) is 5.69 Å². The molecule has 1 fully saturated rings. The summed E-state index contributed by atoms with van der Waals surface area (Å²) in [6.45, 7) is 2.18. The number of nitro groups is 1. The van der Waals surface area contributed by atoms with Gasteiger partial charge in [-0.1, -0.05) is 37.3 Å². The van der Waals surface area contributed by atoms with Crippen LogP contribution in [-0.4, -0.2) is 23.8 Å². The van der Waals surface area contributed by atoms with Gasteiger partial charge in [0.2, 0.25) is 11.8 Å². The Morgan fingerprint density at radius 2 is 1.88 bits per heavy atom. The molecular weight excluding hydrogens is 334 g/mol. The minimum absolute atomic E-state index is 0.127. The lowest BCUT2D eigenvalue weighted by Crippen LogP contribution is -2.30. The largest absolute Gasteiger partial charge is 0.365 e. The summed E-state index contributed by atoms with van der Waals surface area (Å²) in [6, 6.07) is 14.1. The van der Waals surface area contributed by atoms with E-state index in [1.807, 2.05) is 30.3 Å². The lowest BCUT2D eigenvalue weighted by Gasteiger charge is -2.21. The number of anilines is 2. The number of nitrogens with zero attached hydrogens (tertiary/aromatic N) is 3. The predicted octanol–water partition coefficient (Wildman–Crippen LogP) is 3.13. The van der Waals surface area contributed by atoms with Crippen LogP contribution in [0.2, 0.25) is 0 Å². The minimum atomic E-state index is -0.491. The summed E-state index contributed by atoms with van der Waals surface area (Å²) in [5, 5.41) is 11.6. The summed E-state index contributed by atoms with van der Waals surface area (Å²) in [4.78, 5) is 38.1. The highest BCUT2D eigenvalue weighted by molar-refractivity contribution is 6.21. The molecule has 2 aromatic carbocycles. The van der Waals surface area contributed by atoms with Crippen LogP contribution in [0.4, 0.5) is 17.1 Å². The van der Waals surface area contributed by atoms with Crippen LogP contribution in [0.25, 0.3) is 0 Å². The summed E-state index contributed by atoms with van der Waals surface area (Å²) in [5.74, 6) is -1.06. The van der Waals surface area contributed by atoms with Crippen LogP contribution < -0.4 is 9.80 Å². The van der Waals surface area contributed by atoms with Gasteiger partial charge in [-0.15, -0.1) is 0 Å². The van der Waals surface area contributed by atoms with Crippen LogP contribution >= 0.6 is 0 Å². The van der Waals surface area contributed by atoms with Crippen LogP contribution in [0.1, 0.15) is 18.9 Å². The second-order valence-corrected chi connectivity index (χ2v) is 6.44. The Kier molecular flexibility index (Phi) is 4.71. The van der Waals surface area contributed by atoms with Gasteiger partial charge in [-0.25, -0.2) is 0 Å². The molecule has 0 aliphatic carbocycles. The molecule has 7 heteroatoms. The van der Waals surface area contributed by atoms with Crippen LogP contribution in [0.3, 0.4) is 0 Å². The zero-order chi connectivity index (χ0) is 18.8. The summed E-state index contributed by atoms with van der Waals surface area (Å²) in [5.41, 5.74) is 1.55. The van der Waals surface area contributed by atoms with Crippen molar-refractivity contribution in [1.82, 2.24) is 0 Å². The van der Waals surface area contributed by atoms with Gasteiger partial charge in [-0.3, -0.25) is 24.6 Å².